The molecule has 3 aromatic rings. The Hall–Kier alpha value is -2.89. The molecule has 0 spiro atoms. The molecule has 0 heterocycles. The second kappa shape index (κ2) is 10.6. The first-order chi connectivity index (χ1) is 15.3. The summed E-state index contributed by atoms with van der Waals surface area (Å²) in [7, 11) is 1.53. The number of nitrogens with one attached hydrogen (secondary N) is 1. The van der Waals surface area contributed by atoms with Gasteiger partial charge in [-0.15, -0.1) is 0 Å². The number of hydrogen-bond acceptors (Lipinski definition) is 3. The third-order valence-electron chi connectivity index (χ3n) is 4.85. The lowest BCUT2D eigenvalue weighted by Gasteiger charge is -2.13. The number of hydrogen-bond donors (Lipinski definition) is 1. The standard InChI is InChI=1S/C25H19ClFIN2O2/c1-15-7-8-19(26)13-23(15)30-25(31)18(14-29)9-16-10-22(28)20(24(11-16)32-2)12-17-5-3-4-6-21(17)27/h3-11,13H,12H2,1-2H3,(H,30,31)/b18-9+. The van der Waals surface area contributed by atoms with Crippen molar-refractivity contribution in [2.45, 2.75) is 13.3 Å². The van der Waals surface area contributed by atoms with Crippen molar-refractivity contribution in [3.05, 3.63) is 96.8 Å². The highest BCUT2D eigenvalue weighted by atomic mass is 127. The van der Waals surface area contributed by atoms with Crippen molar-refractivity contribution in [2.75, 3.05) is 12.4 Å². The zero-order valence-corrected chi connectivity index (χ0v) is 20.3. The molecule has 1 amide bonds. The molecule has 3 aromatic carbocycles. The van der Waals surface area contributed by atoms with Crippen molar-refractivity contribution in [1.29, 1.82) is 5.26 Å². The van der Waals surface area contributed by atoms with Crippen LogP contribution in [0.5, 0.6) is 5.75 Å². The number of anilines is 1. The summed E-state index contributed by atoms with van der Waals surface area (Å²) >= 11 is 8.15. The minimum absolute atomic E-state index is 0.0657. The Morgan fingerprint density at radius 2 is 2.00 bits per heavy atom. The van der Waals surface area contributed by atoms with E-state index in [0.717, 1.165) is 14.7 Å². The van der Waals surface area contributed by atoms with Crippen molar-refractivity contribution in [3.8, 4) is 11.8 Å². The van der Waals surface area contributed by atoms with E-state index in [2.05, 4.69) is 27.9 Å². The van der Waals surface area contributed by atoms with Crippen LogP contribution in [0.4, 0.5) is 10.1 Å². The summed E-state index contributed by atoms with van der Waals surface area (Å²) in [4.78, 5) is 12.7. The fraction of sp³-hybridized carbons (Fsp3) is 0.120. The number of carbonyl (C=O) groups is 1. The number of ether oxygens (including phenoxy) is 1. The van der Waals surface area contributed by atoms with Gasteiger partial charge in [0.05, 0.1) is 7.11 Å². The lowest BCUT2D eigenvalue weighted by Crippen LogP contribution is -2.14. The predicted molar refractivity (Wildman–Crippen MR) is 133 cm³/mol. The van der Waals surface area contributed by atoms with Gasteiger partial charge in [-0.05, 0) is 82.6 Å². The molecule has 0 radical (unpaired) electrons. The van der Waals surface area contributed by atoms with Gasteiger partial charge in [0.2, 0.25) is 0 Å². The van der Waals surface area contributed by atoms with E-state index in [-0.39, 0.29) is 11.4 Å². The third-order valence-corrected chi connectivity index (χ3v) is 6.04. The largest absolute Gasteiger partial charge is 0.496 e. The van der Waals surface area contributed by atoms with Crippen molar-refractivity contribution in [2.24, 2.45) is 0 Å². The minimum Gasteiger partial charge on any atom is -0.496 e. The Morgan fingerprint density at radius 3 is 2.69 bits per heavy atom. The summed E-state index contributed by atoms with van der Waals surface area (Å²) in [6, 6.07) is 17.2. The van der Waals surface area contributed by atoms with Crippen LogP contribution in [-0.4, -0.2) is 13.0 Å². The number of amides is 1. The van der Waals surface area contributed by atoms with Crippen LogP contribution in [0.2, 0.25) is 5.02 Å². The molecule has 7 heteroatoms. The molecule has 0 saturated heterocycles. The van der Waals surface area contributed by atoms with Gasteiger partial charge < -0.3 is 10.1 Å². The van der Waals surface area contributed by atoms with Crippen LogP contribution in [-0.2, 0) is 11.2 Å². The van der Waals surface area contributed by atoms with Gasteiger partial charge in [-0.2, -0.15) is 5.26 Å². The maximum absolute atomic E-state index is 14.1. The second-order valence-electron chi connectivity index (χ2n) is 7.03. The molecule has 162 valence electrons. The number of benzene rings is 3. The molecule has 3 rings (SSSR count). The van der Waals surface area contributed by atoms with E-state index in [0.29, 0.717) is 34.0 Å². The fourth-order valence-corrected chi connectivity index (χ4v) is 4.12. The molecule has 4 nitrogen and oxygen atoms in total. The Kier molecular flexibility index (Phi) is 7.89. The molecule has 0 aromatic heterocycles. The van der Waals surface area contributed by atoms with Crippen LogP contribution in [0.1, 0.15) is 22.3 Å². The molecule has 1 N–H and O–H groups in total. The fourth-order valence-electron chi connectivity index (χ4n) is 3.13. The number of methoxy groups -OCH3 is 1. The first kappa shape index (κ1) is 23.8. The molecule has 0 atom stereocenters. The van der Waals surface area contributed by atoms with Crippen molar-refractivity contribution >= 4 is 51.9 Å². The van der Waals surface area contributed by atoms with Crippen LogP contribution in [0, 0.1) is 27.6 Å². The van der Waals surface area contributed by atoms with E-state index < -0.39 is 5.91 Å². The Balaban J connectivity index is 1.91. The molecule has 0 aliphatic carbocycles. The van der Waals surface area contributed by atoms with E-state index in [1.807, 2.05) is 19.1 Å². The Bertz CT molecular complexity index is 1250. The average molecular weight is 561 g/mol. The first-order valence-corrected chi connectivity index (χ1v) is 11.1. The number of aryl methyl sites for hydroxylation is 1. The maximum atomic E-state index is 14.1. The molecule has 0 unspecified atom stereocenters. The van der Waals surface area contributed by atoms with Crippen LogP contribution in [0.15, 0.2) is 60.2 Å². The van der Waals surface area contributed by atoms with Gasteiger partial charge >= 0.3 is 0 Å². The number of halogens is 3. The summed E-state index contributed by atoms with van der Waals surface area (Å²) in [6.45, 7) is 1.84. The Labute approximate surface area is 204 Å². The second-order valence-corrected chi connectivity index (χ2v) is 8.63. The van der Waals surface area contributed by atoms with Gasteiger partial charge in [0.25, 0.3) is 5.91 Å². The van der Waals surface area contributed by atoms with Gasteiger partial charge in [0.15, 0.2) is 0 Å². The zero-order chi connectivity index (χ0) is 23.3. The molecule has 0 bridgehead atoms. The highest BCUT2D eigenvalue weighted by Gasteiger charge is 2.15. The molecule has 0 aliphatic heterocycles. The van der Waals surface area contributed by atoms with E-state index in [1.165, 1.54) is 19.3 Å². The summed E-state index contributed by atoms with van der Waals surface area (Å²) in [5.41, 5.74) is 3.31. The highest BCUT2D eigenvalue weighted by molar-refractivity contribution is 14.1. The van der Waals surface area contributed by atoms with E-state index in [4.69, 9.17) is 16.3 Å². The third kappa shape index (κ3) is 5.67. The Morgan fingerprint density at radius 1 is 1.25 bits per heavy atom. The van der Waals surface area contributed by atoms with E-state index >= 15 is 0 Å². The summed E-state index contributed by atoms with van der Waals surface area (Å²) in [5.74, 6) is -0.272. The summed E-state index contributed by atoms with van der Waals surface area (Å²) < 4.78 is 20.5. The summed E-state index contributed by atoms with van der Waals surface area (Å²) in [6.07, 6.45) is 1.85. The first-order valence-electron chi connectivity index (χ1n) is 9.61. The molecule has 0 aliphatic rings. The molecular formula is C25H19ClFIN2O2. The van der Waals surface area contributed by atoms with Crippen LogP contribution >= 0.6 is 34.2 Å². The van der Waals surface area contributed by atoms with Gasteiger partial charge in [0, 0.05) is 26.3 Å². The quantitative estimate of drug-likeness (QED) is 0.212. The summed E-state index contributed by atoms with van der Waals surface area (Å²) in [5, 5.41) is 12.8. The lowest BCUT2D eigenvalue weighted by molar-refractivity contribution is -0.112. The number of rotatable bonds is 6. The highest BCUT2D eigenvalue weighted by Crippen LogP contribution is 2.30. The SMILES string of the molecule is COc1cc(/C=C(\C#N)C(=O)Nc2cc(Cl)ccc2C)cc(I)c1Cc1ccccc1F. The molecule has 0 saturated carbocycles. The van der Waals surface area contributed by atoms with Crippen LogP contribution in [0.3, 0.4) is 0 Å². The number of carbonyl (C=O) groups excluding carboxylic acids is 1. The van der Waals surface area contributed by atoms with E-state index in [9.17, 15) is 14.4 Å². The number of nitrogens with zero attached hydrogens (tertiary/aromatic N) is 1. The molecular weight excluding hydrogens is 542 g/mol. The van der Waals surface area contributed by atoms with E-state index in [1.54, 1.807) is 42.5 Å². The average Bonchev–Trinajstić information content (AvgIpc) is 2.77. The van der Waals surface area contributed by atoms with Crippen LogP contribution in [0.25, 0.3) is 6.08 Å². The van der Waals surface area contributed by atoms with Gasteiger partial charge in [-0.1, -0.05) is 35.9 Å². The van der Waals surface area contributed by atoms with Crippen molar-refractivity contribution < 1.29 is 13.9 Å². The molecule has 32 heavy (non-hydrogen) atoms. The smallest absolute Gasteiger partial charge is 0.266 e. The maximum Gasteiger partial charge on any atom is 0.266 e. The zero-order valence-electron chi connectivity index (χ0n) is 17.4. The number of nitriles is 1. The predicted octanol–water partition coefficient (Wildman–Crippen LogP) is 6.54. The van der Waals surface area contributed by atoms with Gasteiger partial charge in [-0.25, -0.2) is 4.39 Å². The van der Waals surface area contributed by atoms with Crippen molar-refractivity contribution in [3.63, 3.8) is 0 Å². The lowest BCUT2D eigenvalue weighted by atomic mass is 10.0. The molecule has 0 fully saturated rings. The minimum atomic E-state index is -0.540. The van der Waals surface area contributed by atoms with Crippen LogP contribution < -0.4 is 10.1 Å². The van der Waals surface area contributed by atoms with Gasteiger partial charge in [0.1, 0.15) is 23.2 Å². The van der Waals surface area contributed by atoms with Crippen molar-refractivity contribution in [1.82, 2.24) is 0 Å². The normalized spacial score (nSPS) is 11.1. The topological polar surface area (TPSA) is 62.1 Å². The monoisotopic (exact) mass is 560 g/mol. The van der Waals surface area contributed by atoms with Gasteiger partial charge in [-0.3, -0.25) is 4.79 Å².